The molecule has 0 radical (unpaired) electrons. The number of ether oxygens (including phenoxy) is 1. The first-order chi connectivity index (χ1) is 14.7. The van der Waals surface area contributed by atoms with E-state index in [9.17, 15) is 24.0 Å². The van der Waals surface area contributed by atoms with Crippen LogP contribution in [-0.4, -0.2) is 98.4 Å². The normalized spacial score (nSPS) is 17.9. The van der Waals surface area contributed by atoms with Crippen molar-refractivity contribution in [2.75, 3.05) is 45.8 Å². The lowest BCUT2D eigenvalue weighted by Gasteiger charge is -2.24. The van der Waals surface area contributed by atoms with Gasteiger partial charge in [0.05, 0.1) is 19.7 Å². The Morgan fingerprint density at radius 3 is 2.39 bits per heavy atom. The number of nitrogens with zero attached hydrogens (tertiary/aromatic N) is 1. The molecule has 3 atom stereocenters. The summed E-state index contributed by atoms with van der Waals surface area (Å²) in [5.74, 6) is -1.72. The summed E-state index contributed by atoms with van der Waals surface area (Å²) < 4.78 is 4.40. The Morgan fingerprint density at radius 2 is 1.81 bits per heavy atom. The van der Waals surface area contributed by atoms with E-state index in [1.54, 1.807) is 11.8 Å². The van der Waals surface area contributed by atoms with Crippen LogP contribution < -0.4 is 21.3 Å². The minimum atomic E-state index is -0.913. The number of nitrogens with one attached hydrogen (secondary N) is 4. The first-order valence-electron chi connectivity index (χ1n) is 10.1. The molecule has 11 nitrogen and oxygen atoms in total. The minimum Gasteiger partial charge on any atom is -0.468 e. The lowest BCUT2D eigenvalue weighted by Crippen LogP contribution is -2.55. The van der Waals surface area contributed by atoms with Crippen molar-refractivity contribution in [1.29, 1.82) is 0 Å². The van der Waals surface area contributed by atoms with Gasteiger partial charge in [-0.2, -0.15) is 11.8 Å². The van der Waals surface area contributed by atoms with Crippen LogP contribution in [0.25, 0.3) is 0 Å². The highest BCUT2D eigenvalue weighted by Crippen LogP contribution is 2.15. The molecule has 176 valence electrons. The van der Waals surface area contributed by atoms with Crippen molar-refractivity contribution in [3.8, 4) is 0 Å². The monoisotopic (exact) mass is 459 g/mol. The van der Waals surface area contributed by atoms with E-state index in [0.717, 1.165) is 19.4 Å². The van der Waals surface area contributed by atoms with Crippen LogP contribution in [-0.2, 0) is 28.7 Å². The van der Waals surface area contributed by atoms with Crippen LogP contribution in [0.1, 0.15) is 26.2 Å². The van der Waals surface area contributed by atoms with Crippen LogP contribution >= 0.6 is 11.8 Å². The quantitative estimate of drug-likeness (QED) is 0.251. The van der Waals surface area contributed by atoms with E-state index in [2.05, 4.69) is 26.0 Å². The summed E-state index contributed by atoms with van der Waals surface area (Å²) in [5, 5.41) is 10.1. The molecule has 0 bridgehead atoms. The number of hydrogen-bond donors (Lipinski definition) is 4. The third-order valence-corrected chi connectivity index (χ3v) is 5.54. The molecule has 0 unspecified atom stereocenters. The van der Waals surface area contributed by atoms with E-state index in [0.29, 0.717) is 12.2 Å². The van der Waals surface area contributed by atoms with E-state index in [-0.39, 0.29) is 25.0 Å². The molecule has 1 aliphatic heterocycles. The standard InChI is InChI=1S/C19H33N5O6S/c1-12(17(27)21-10-15(25)20-11-16(26)30-3)22-18(28)13(7-9-31-4)23-19(29)14-6-5-8-24(14)2/h12-14H,5-11H2,1-4H3,(H,20,25)(H,21,27)(H,22,28)(H,23,29)/t12-,13-,14-/m0/s1. The van der Waals surface area contributed by atoms with Crippen LogP contribution in [0, 0.1) is 0 Å². The van der Waals surface area contributed by atoms with E-state index >= 15 is 0 Å². The van der Waals surface area contributed by atoms with Crippen LogP contribution in [0.3, 0.4) is 0 Å². The van der Waals surface area contributed by atoms with E-state index in [1.807, 2.05) is 18.2 Å². The highest BCUT2D eigenvalue weighted by molar-refractivity contribution is 7.98. The molecule has 0 aromatic rings. The fraction of sp³-hybridized carbons (Fsp3) is 0.737. The van der Waals surface area contributed by atoms with E-state index in [1.165, 1.54) is 14.0 Å². The fourth-order valence-electron chi connectivity index (χ4n) is 3.02. The van der Waals surface area contributed by atoms with Crippen LogP contribution in [0.4, 0.5) is 0 Å². The second-order valence-electron chi connectivity index (χ2n) is 7.28. The van der Waals surface area contributed by atoms with Crippen molar-refractivity contribution < 1.29 is 28.7 Å². The Hall–Kier alpha value is -2.34. The summed E-state index contributed by atoms with van der Waals surface area (Å²) in [7, 11) is 3.07. The Morgan fingerprint density at radius 1 is 1.10 bits per heavy atom. The predicted molar refractivity (Wildman–Crippen MR) is 116 cm³/mol. The summed E-state index contributed by atoms with van der Waals surface area (Å²) in [4.78, 5) is 62.0. The van der Waals surface area contributed by atoms with Crippen molar-refractivity contribution in [2.24, 2.45) is 0 Å². The largest absolute Gasteiger partial charge is 0.468 e. The highest BCUT2D eigenvalue weighted by Gasteiger charge is 2.31. The van der Waals surface area contributed by atoms with Gasteiger partial charge < -0.3 is 26.0 Å². The topological polar surface area (TPSA) is 146 Å². The SMILES string of the molecule is COC(=O)CNC(=O)CNC(=O)[C@H](C)NC(=O)[C@H](CCSC)NC(=O)[C@@H]1CCCN1C. The van der Waals surface area contributed by atoms with Crippen LogP contribution in [0.2, 0.25) is 0 Å². The molecule has 4 amide bonds. The van der Waals surface area contributed by atoms with Gasteiger partial charge in [-0.3, -0.25) is 28.9 Å². The van der Waals surface area contributed by atoms with E-state index < -0.39 is 35.8 Å². The molecule has 1 aliphatic rings. The number of thioether (sulfide) groups is 1. The number of methoxy groups -OCH3 is 1. The summed E-state index contributed by atoms with van der Waals surface area (Å²) in [5.41, 5.74) is 0. The minimum absolute atomic E-state index is 0.194. The lowest BCUT2D eigenvalue weighted by atomic mass is 10.1. The molecule has 4 N–H and O–H groups in total. The molecule has 1 heterocycles. The number of hydrogen-bond acceptors (Lipinski definition) is 8. The molecule has 0 aliphatic carbocycles. The third-order valence-electron chi connectivity index (χ3n) is 4.90. The molecule has 1 fully saturated rings. The molecule has 0 aromatic carbocycles. The molecule has 1 saturated heterocycles. The zero-order valence-corrected chi connectivity index (χ0v) is 19.3. The summed E-state index contributed by atoms with van der Waals surface area (Å²) >= 11 is 1.55. The first-order valence-corrected chi connectivity index (χ1v) is 11.5. The smallest absolute Gasteiger partial charge is 0.325 e. The van der Waals surface area contributed by atoms with Gasteiger partial charge in [0.2, 0.25) is 23.6 Å². The zero-order valence-electron chi connectivity index (χ0n) is 18.5. The van der Waals surface area contributed by atoms with Gasteiger partial charge in [0.25, 0.3) is 0 Å². The van der Waals surface area contributed by atoms with Gasteiger partial charge in [0.15, 0.2) is 0 Å². The Balaban J connectivity index is 2.53. The van der Waals surface area contributed by atoms with E-state index in [4.69, 9.17) is 0 Å². The maximum atomic E-state index is 12.7. The zero-order chi connectivity index (χ0) is 23.4. The van der Waals surface area contributed by atoms with Gasteiger partial charge in [-0.1, -0.05) is 0 Å². The van der Waals surface area contributed by atoms with Gasteiger partial charge in [0.1, 0.15) is 18.6 Å². The maximum absolute atomic E-state index is 12.7. The van der Waals surface area contributed by atoms with Gasteiger partial charge in [-0.25, -0.2) is 0 Å². The van der Waals surface area contributed by atoms with Crippen LogP contribution in [0.15, 0.2) is 0 Å². The summed E-state index contributed by atoms with van der Waals surface area (Å²) in [6.07, 6.45) is 4.01. The highest BCUT2D eigenvalue weighted by atomic mass is 32.2. The molecule has 0 aromatic heterocycles. The van der Waals surface area contributed by atoms with Gasteiger partial charge in [0, 0.05) is 0 Å². The lowest BCUT2D eigenvalue weighted by molar-refractivity contribution is -0.141. The fourth-order valence-corrected chi connectivity index (χ4v) is 3.49. The Labute approximate surface area is 186 Å². The number of carbonyl (C=O) groups is 5. The number of carbonyl (C=O) groups excluding carboxylic acids is 5. The summed E-state index contributed by atoms with van der Waals surface area (Å²) in [6.45, 7) is 1.67. The first kappa shape index (κ1) is 26.7. The molecular weight excluding hydrogens is 426 g/mol. The average Bonchev–Trinajstić information content (AvgIpc) is 3.18. The number of esters is 1. The molecule has 1 rings (SSSR count). The van der Waals surface area contributed by atoms with Crippen molar-refractivity contribution in [2.45, 2.75) is 44.3 Å². The van der Waals surface area contributed by atoms with Gasteiger partial charge >= 0.3 is 5.97 Å². The number of rotatable bonds is 12. The second kappa shape index (κ2) is 13.9. The van der Waals surface area contributed by atoms with Crippen molar-refractivity contribution in [3.63, 3.8) is 0 Å². The van der Waals surface area contributed by atoms with Crippen molar-refractivity contribution in [1.82, 2.24) is 26.2 Å². The maximum Gasteiger partial charge on any atom is 0.325 e. The number of likely N-dealkylation sites (tertiary alicyclic amines) is 1. The van der Waals surface area contributed by atoms with Gasteiger partial charge in [-0.05, 0) is 51.8 Å². The second-order valence-corrected chi connectivity index (χ2v) is 8.27. The average molecular weight is 460 g/mol. The number of likely N-dealkylation sites (N-methyl/N-ethyl adjacent to an activating group) is 1. The molecule has 31 heavy (non-hydrogen) atoms. The molecule has 12 heteroatoms. The van der Waals surface area contributed by atoms with Crippen molar-refractivity contribution in [3.05, 3.63) is 0 Å². The number of amides is 4. The van der Waals surface area contributed by atoms with Crippen LogP contribution in [0.5, 0.6) is 0 Å². The molecular formula is C19H33N5O6S. The Bertz CT molecular complexity index is 662. The third kappa shape index (κ3) is 9.55. The predicted octanol–water partition coefficient (Wildman–Crippen LogP) is -1.77. The molecule has 0 saturated carbocycles. The molecule has 0 spiro atoms. The van der Waals surface area contributed by atoms with Gasteiger partial charge in [-0.15, -0.1) is 0 Å². The van der Waals surface area contributed by atoms with Crippen molar-refractivity contribution >= 4 is 41.4 Å². The summed E-state index contributed by atoms with van der Waals surface area (Å²) in [6, 6.07) is -1.93. The Kier molecular flexibility index (Phi) is 11.9.